The molecule has 0 aromatic heterocycles. The quantitative estimate of drug-likeness (QED) is 0.730. The molecule has 104 valence electrons. The summed E-state index contributed by atoms with van der Waals surface area (Å²) in [6.45, 7) is 4.30. The molecule has 0 aliphatic carbocycles. The highest BCUT2D eigenvalue weighted by molar-refractivity contribution is 5.19. The van der Waals surface area contributed by atoms with Crippen molar-refractivity contribution in [2.45, 2.75) is 37.6 Å². The second kappa shape index (κ2) is 6.83. The Balaban J connectivity index is 1.88. The van der Waals surface area contributed by atoms with E-state index in [1.54, 1.807) is 0 Å². The second-order valence-electron chi connectivity index (χ2n) is 5.01. The van der Waals surface area contributed by atoms with Crippen molar-refractivity contribution in [3.8, 4) is 0 Å². The Kier molecular flexibility index (Phi) is 5.11. The Hall–Kier alpha value is -1.19. The van der Waals surface area contributed by atoms with Gasteiger partial charge in [0.2, 0.25) is 0 Å². The Morgan fingerprint density at radius 2 is 2.16 bits per heavy atom. The number of benzene rings is 1. The molecule has 0 amide bonds. The van der Waals surface area contributed by atoms with Gasteiger partial charge in [0.05, 0.1) is 6.61 Å². The molecule has 19 heavy (non-hydrogen) atoms. The fourth-order valence-electron chi connectivity index (χ4n) is 2.19. The predicted octanol–water partition coefficient (Wildman–Crippen LogP) is 3.67. The van der Waals surface area contributed by atoms with Crippen LogP contribution < -0.4 is 0 Å². The summed E-state index contributed by atoms with van der Waals surface area (Å²) in [5, 5.41) is 0. The first-order valence-corrected chi connectivity index (χ1v) is 6.81. The molecule has 1 unspecified atom stereocenters. The second-order valence-corrected chi connectivity index (χ2v) is 5.01. The molecule has 2 nitrogen and oxygen atoms in total. The maximum absolute atomic E-state index is 14.7. The SMILES string of the molecule is C=C[C@@](F)(COC1CCCCO1)Cc1ccccc1. The van der Waals surface area contributed by atoms with Crippen LogP contribution in [-0.2, 0) is 15.9 Å². The number of hydrogen-bond acceptors (Lipinski definition) is 2. The summed E-state index contributed by atoms with van der Waals surface area (Å²) in [4.78, 5) is 0. The summed E-state index contributed by atoms with van der Waals surface area (Å²) in [7, 11) is 0. The van der Waals surface area contributed by atoms with E-state index in [1.807, 2.05) is 30.3 Å². The molecule has 3 heteroatoms. The van der Waals surface area contributed by atoms with E-state index in [0.29, 0.717) is 6.61 Å². The number of ether oxygens (including phenoxy) is 2. The van der Waals surface area contributed by atoms with Crippen LogP contribution in [0.15, 0.2) is 43.0 Å². The van der Waals surface area contributed by atoms with Crippen molar-refractivity contribution in [1.82, 2.24) is 0 Å². The summed E-state index contributed by atoms with van der Waals surface area (Å²) in [6, 6.07) is 9.56. The smallest absolute Gasteiger partial charge is 0.157 e. The first kappa shape index (κ1) is 14.2. The zero-order valence-corrected chi connectivity index (χ0v) is 11.2. The average molecular weight is 264 g/mol. The summed E-state index contributed by atoms with van der Waals surface area (Å²) >= 11 is 0. The molecule has 0 radical (unpaired) electrons. The Bertz CT molecular complexity index is 387. The van der Waals surface area contributed by atoms with Gasteiger partial charge in [0.25, 0.3) is 0 Å². The zero-order chi connectivity index (χ0) is 13.6. The van der Waals surface area contributed by atoms with E-state index in [2.05, 4.69) is 6.58 Å². The van der Waals surface area contributed by atoms with Crippen molar-refractivity contribution >= 4 is 0 Å². The van der Waals surface area contributed by atoms with Crippen molar-refractivity contribution in [2.24, 2.45) is 0 Å². The van der Waals surface area contributed by atoms with E-state index in [-0.39, 0.29) is 19.3 Å². The van der Waals surface area contributed by atoms with Crippen LogP contribution in [0.5, 0.6) is 0 Å². The molecule has 0 saturated carbocycles. The van der Waals surface area contributed by atoms with Crippen LogP contribution in [0.25, 0.3) is 0 Å². The van der Waals surface area contributed by atoms with E-state index in [4.69, 9.17) is 9.47 Å². The number of rotatable bonds is 6. The minimum atomic E-state index is -1.54. The predicted molar refractivity (Wildman–Crippen MR) is 73.7 cm³/mol. The van der Waals surface area contributed by atoms with Gasteiger partial charge in [-0.1, -0.05) is 43.0 Å². The third-order valence-electron chi connectivity index (χ3n) is 3.35. The summed E-state index contributed by atoms with van der Waals surface area (Å²) in [6.07, 6.45) is 4.34. The normalized spacial score (nSPS) is 22.7. The molecular weight excluding hydrogens is 243 g/mol. The largest absolute Gasteiger partial charge is 0.353 e. The molecule has 2 rings (SSSR count). The van der Waals surface area contributed by atoms with Crippen molar-refractivity contribution in [3.63, 3.8) is 0 Å². The van der Waals surface area contributed by atoms with Crippen LogP contribution >= 0.6 is 0 Å². The lowest BCUT2D eigenvalue weighted by atomic mass is 9.97. The van der Waals surface area contributed by atoms with Gasteiger partial charge in [0.15, 0.2) is 12.0 Å². The molecule has 2 atom stereocenters. The summed E-state index contributed by atoms with van der Waals surface area (Å²) < 4.78 is 25.7. The Labute approximate surface area is 114 Å². The average Bonchev–Trinajstić information content (AvgIpc) is 2.47. The fraction of sp³-hybridized carbons (Fsp3) is 0.500. The van der Waals surface area contributed by atoms with Crippen LogP contribution in [0, 0.1) is 0 Å². The maximum Gasteiger partial charge on any atom is 0.157 e. The van der Waals surface area contributed by atoms with Gasteiger partial charge in [-0.25, -0.2) is 4.39 Å². The Morgan fingerprint density at radius 1 is 1.37 bits per heavy atom. The van der Waals surface area contributed by atoms with Crippen LogP contribution in [-0.4, -0.2) is 25.2 Å². The van der Waals surface area contributed by atoms with Gasteiger partial charge in [0, 0.05) is 13.0 Å². The summed E-state index contributed by atoms with van der Waals surface area (Å²) in [5.41, 5.74) is -0.597. The van der Waals surface area contributed by atoms with Gasteiger partial charge in [-0.2, -0.15) is 0 Å². The minimum absolute atomic E-state index is 0.00391. The van der Waals surface area contributed by atoms with Crippen molar-refractivity contribution in [2.75, 3.05) is 13.2 Å². The highest BCUT2D eigenvalue weighted by Gasteiger charge is 2.28. The molecule has 1 aliphatic rings. The standard InChI is InChI=1S/C16H21FO2/c1-2-16(17,12-14-8-4-3-5-9-14)13-19-15-10-6-7-11-18-15/h2-5,8-9,15H,1,6-7,10-13H2/t15?,16-/m0/s1. The molecule has 1 aromatic carbocycles. The van der Waals surface area contributed by atoms with Gasteiger partial charge >= 0.3 is 0 Å². The molecule has 1 fully saturated rings. The molecule has 1 aliphatic heterocycles. The van der Waals surface area contributed by atoms with Gasteiger partial charge in [0.1, 0.15) is 0 Å². The number of halogens is 1. The lowest BCUT2D eigenvalue weighted by Crippen LogP contribution is -2.34. The van der Waals surface area contributed by atoms with E-state index in [9.17, 15) is 4.39 Å². The first-order chi connectivity index (χ1) is 9.22. The zero-order valence-electron chi connectivity index (χ0n) is 11.2. The van der Waals surface area contributed by atoms with Crippen molar-refractivity contribution < 1.29 is 13.9 Å². The van der Waals surface area contributed by atoms with Crippen LogP contribution in [0.1, 0.15) is 24.8 Å². The topological polar surface area (TPSA) is 18.5 Å². The van der Waals surface area contributed by atoms with E-state index >= 15 is 0 Å². The van der Waals surface area contributed by atoms with Gasteiger partial charge in [-0.15, -0.1) is 0 Å². The summed E-state index contributed by atoms with van der Waals surface area (Å²) in [5.74, 6) is 0. The van der Waals surface area contributed by atoms with Gasteiger partial charge in [-0.3, -0.25) is 0 Å². The third-order valence-corrected chi connectivity index (χ3v) is 3.35. The number of alkyl halides is 1. The molecular formula is C16H21FO2. The highest BCUT2D eigenvalue weighted by atomic mass is 19.1. The number of hydrogen-bond donors (Lipinski definition) is 0. The van der Waals surface area contributed by atoms with Crippen molar-refractivity contribution in [3.05, 3.63) is 48.6 Å². The molecule has 1 aromatic rings. The monoisotopic (exact) mass is 264 g/mol. The molecule has 0 bridgehead atoms. The third kappa shape index (κ3) is 4.44. The van der Waals surface area contributed by atoms with Crippen molar-refractivity contribution in [1.29, 1.82) is 0 Å². The van der Waals surface area contributed by atoms with E-state index in [0.717, 1.165) is 24.8 Å². The van der Waals surface area contributed by atoms with Gasteiger partial charge < -0.3 is 9.47 Å². The lowest BCUT2D eigenvalue weighted by Gasteiger charge is -2.27. The van der Waals surface area contributed by atoms with Crippen LogP contribution in [0.4, 0.5) is 4.39 Å². The fourth-order valence-corrected chi connectivity index (χ4v) is 2.19. The van der Waals surface area contributed by atoms with Crippen LogP contribution in [0.2, 0.25) is 0 Å². The van der Waals surface area contributed by atoms with Gasteiger partial charge in [-0.05, 0) is 24.8 Å². The Morgan fingerprint density at radius 3 is 2.79 bits per heavy atom. The van der Waals surface area contributed by atoms with E-state index in [1.165, 1.54) is 6.08 Å². The molecule has 0 N–H and O–H groups in total. The van der Waals surface area contributed by atoms with E-state index < -0.39 is 5.67 Å². The van der Waals surface area contributed by atoms with Crippen LogP contribution in [0.3, 0.4) is 0 Å². The minimum Gasteiger partial charge on any atom is -0.353 e. The highest BCUT2D eigenvalue weighted by Crippen LogP contribution is 2.23. The molecule has 1 saturated heterocycles. The first-order valence-electron chi connectivity index (χ1n) is 6.81. The lowest BCUT2D eigenvalue weighted by molar-refractivity contribution is -0.176. The maximum atomic E-state index is 14.7. The molecule has 0 spiro atoms. The molecule has 1 heterocycles.